The molecule has 0 bridgehead atoms. The van der Waals surface area contributed by atoms with Crippen molar-refractivity contribution in [1.29, 1.82) is 0 Å². The zero-order chi connectivity index (χ0) is 12.4. The number of hydrogen-bond donors (Lipinski definition) is 2. The second kappa shape index (κ2) is 4.53. The van der Waals surface area contributed by atoms with Gasteiger partial charge in [0.15, 0.2) is 0 Å². The molecule has 2 rings (SSSR count). The topological polar surface area (TPSA) is 75.8 Å². The van der Waals surface area contributed by atoms with Gasteiger partial charge in [-0.15, -0.1) is 0 Å². The van der Waals surface area contributed by atoms with Gasteiger partial charge in [-0.1, -0.05) is 0 Å². The van der Waals surface area contributed by atoms with Crippen LogP contribution < -0.4 is 15.4 Å². The Morgan fingerprint density at radius 3 is 3.12 bits per heavy atom. The van der Waals surface area contributed by atoms with Gasteiger partial charge in [0, 0.05) is 25.2 Å². The van der Waals surface area contributed by atoms with Crippen LogP contribution in [0.3, 0.4) is 0 Å². The third-order valence-corrected chi connectivity index (χ3v) is 3.03. The lowest BCUT2D eigenvalue weighted by molar-refractivity contribution is -0.137. The van der Waals surface area contributed by atoms with Crippen molar-refractivity contribution < 1.29 is 14.6 Å². The number of anilines is 2. The summed E-state index contributed by atoms with van der Waals surface area (Å²) in [4.78, 5) is 12.6. The highest BCUT2D eigenvalue weighted by atomic mass is 16.5. The Morgan fingerprint density at radius 2 is 2.41 bits per heavy atom. The van der Waals surface area contributed by atoms with Crippen LogP contribution >= 0.6 is 0 Å². The summed E-state index contributed by atoms with van der Waals surface area (Å²) in [7, 11) is 1.95. The van der Waals surface area contributed by atoms with Crippen molar-refractivity contribution in [2.45, 2.75) is 18.9 Å². The molecule has 1 heterocycles. The Kier molecular flexibility index (Phi) is 3.08. The molecule has 0 saturated carbocycles. The Labute approximate surface area is 99.8 Å². The van der Waals surface area contributed by atoms with E-state index in [2.05, 4.69) is 4.90 Å². The lowest BCUT2D eigenvalue weighted by atomic mass is 10.1. The van der Waals surface area contributed by atoms with E-state index in [9.17, 15) is 4.79 Å². The highest BCUT2D eigenvalue weighted by Crippen LogP contribution is 2.35. The number of nitrogens with two attached hydrogens (primary N) is 1. The van der Waals surface area contributed by atoms with E-state index < -0.39 is 5.97 Å². The Morgan fingerprint density at radius 1 is 1.65 bits per heavy atom. The summed E-state index contributed by atoms with van der Waals surface area (Å²) in [6.45, 7) is 0.500. The van der Waals surface area contributed by atoms with Crippen molar-refractivity contribution in [1.82, 2.24) is 0 Å². The maximum absolute atomic E-state index is 10.6. The van der Waals surface area contributed by atoms with Crippen molar-refractivity contribution in [2.24, 2.45) is 0 Å². The summed E-state index contributed by atoms with van der Waals surface area (Å²) in [6, 6.07) is 5.61. The predicted octanol–water partition coefficient (Wildman–Crippen LogP) is 1.33. The number of aliphatic carboxylic acids is 1. The third-order valence-electron chi connectivity index (χ3n) is 3.03. The molecule has 5 heteroatoms. The zero-order valence-corrected chi connectivity index (χ0v) is 9.72. The number of rotatable bonds is 3. The lowest BCUT2D eigenvalue weighted by Gasteiger charge is -2.35. The fraction of sp³-hybridized carbons (Fsp3) is 0.417. The number of hydrogen-bond acceptors (Lipinski definition) is 4. The molecule has 1 aliphatic heterocycles. The average Bonchev–Trinajstić information content (AvgIpc) is 2.27. The SMILES string of the molecule is CN1c2ccc(N)cc2OCC1CCC(=O)O. The second-order valence-electron chi connectivity index (χ2n) is 4.24. The van der Waals surface area contributed by atoms with Crippen molar-refractivity contribution in [3.63, 3.8) is 0 Å². The summed E-state index contributed by atoms with van der Waals surface area (Å²) < 4.78 is 5.61. The van der Waals surface area contributed by atoms with Crippen molar-refractivity contribution in [3.8, 4) is 5.75 Å². The number of ether oxygens (including phenoxy) is 1. The molecule has 1 atom stereocenters. The number of nitrogens with zero attached hydrogens (tertiary/aromatic N) is 1. The van der Waals surface area contributed by atoms with Crippen molar-refractivity contribution in [3.05, 3.63) is 18.2 Å². The zero-order valence-electron chi connectivity index (χ0n) is 9.72. The number of fused-ring (bicyclic) bond motifs is 1. The maximum atomic E-state index is 10.6. The lowest BCUT2D eigenvalue weighted by Crippen LogP contribution is -2.40. The number of likely N-dealkylation sites (N-methyl/N-ethyl adjacent to an activating group) is 1. The van der Waals surface area contributed by atoms with Crippen LogP contribution in [-0.4, -0.2) is 30.8 Å². The van der Waals surface area contributed by atoms with E-state index in [-0.39, 0.29) is 12.5 Å². The smallest absolute Gasteiger partial charge is 0.303 e. The summed E-state index contributed by atoms with van der Waals surface area (Å²) in [6.07, 6.45) is 0.734. The maximum Gasteiger partial charge on any atom is 0.303 e. The standard InChI is InChI=1S/C12H16N2O3/c1-14-9(3-5-12(15)16)7-17-11-6-8(13)2-4-10(11)14/h2,4,6,9H,3,5,7,13H2,1H3,(H,15,16). The Bertz CT molecular complexity index is 434. The van der Waals surface area contributed by atoms with E-state index in [4.69, 9.17) is 15.6 Å². The molecule has 1 unspecified atom stereocenters. The van der Waals surface area contributed by atoms with Crippen LogP contribution in [0.25, 0.3) is 0 Å². The number of carbonyl (C=O) groups is 1. The van der Waals surface area contributed by atoms with Crippen LogP contribution in [0.2, 0.25) is 0 Å². The molecule has 92 valence electrons. The van der Waals surface area contributed by atoms with E-state index in [1.165, 1.54) is 0 Å². The molecule has 3 N–H and O–H groups in total. The molecule has 0 radical (unpaired) electrons. The van der Waals surface area contributed by atoms with Crippen molar-refractivity contribution >= 4 is 17.3 Å². The third kappa shape index (κ3) is 2.43. The summed E-state index contributed by atoms with van der Waals surface area (Å²) in [5.41, 5.74) is 7.31. The molecule has 0 saturated heterocycles. The second-order valence-corrected chi connectivity index (χ2v) is 4.24. The molecule has 17 heavy (non-hydrogen) atoms. The van der Waals surface area contributed by atoms with E-state index in [0.29, 0.717) is 18.7 Å². The van der Waals surface area contributed by atoms with Crippen LogP contribution in [0.15, 0.2) is 18.2 Å². The van der Waals surface area contributed by atoms with Crippen LogP contribution in [0, 0.1) is 0 Å². The van der Waals surface area contributed by atoms with Gasteiger partial charge in [-0.3, -0.25) is 4.79 Å². The van der Waals surface area contributed by atoms with Gasteiger partial charge in [-0.05, 0) is 18.6 Å². The molecule has 0 amide bonds. The molecular formula is C12H16N2O3. The van der Waals surface area contributed by atoms with E-state index >= 15 is 0 Å². The molecule has 1 aromatic rings. The Balaban J connectivity index is 2.12. The van der Waals surface area contributed by atoms with Crippen molar-refractivity contribution in [2.75, 3.05) is 24.3 Å². The molecule has 1 aliphatic rings. The van der Waals surface area contributed by atoms with E-state index in [1.807, 2.05) is 19.2 Å². The monoisotopic (exact) mass is 236 g/mol. The molecule has 0 aromatic heterocycles. The fourth-order valence-corrected chi connectivity index (χ4v) is 2.00. The number of nitrogen functional groups attached to an aromatic ring is 1. The quantitative estimate of drug-likeness (QED) is 0.774. The molecule has 0 aliphatic carbocycles. The number of benzene rings is 1. The molecular weight excluding hydrogens is 220 g/mol. The number of carboxylic acids is 1. The summed E-state index contributed by atoms with van der Waals surface area (Å²) in [5.74, 6) is -0.0134. The van der Waals surface area contributed by atoms with Gasteiger partial charge in [0.1, 0.15) is 12.4 Å². The van der Waals surface area contributed by atoms with E-state index in [0.717, 1.165) is 11.4 Å². The minimum atomic E-state index is -0.776. The first-order valence-electron chi connectivity index (χ1n) is 5.55. The minimum Gasteiger partial charge on any atom is -0.489 e. The first kappa shape index (κ1) is 11.6. The van der Waals surface area contributed by atoms with Gasteiger partial charge in [-0.2, -0.15) is 0 Å². The van der Waals surface area contributed by atoms with Crippen LogP contribution in [0.1, 0.15) is 12.8 Å². The van der Waals surface area contributed by atoms with Gasteiger partial charge >= 0.3 is 5.97 Å². The Hall–Kier alpha value is -1.91. The fourth-order valence-electron chi connectivity index (χ4n) is 2.00. The normalized spacial score (nSPS) is 18.4. The highest BCUT2D eigenvalue weighted by molar-refractivity contribution is 5.68. The van der Waals surface area contributed by atoms with Crippen LogP contribution in [-0.2, 0) is 4.79 Å². The summed E-state index contributed by atoms with van der Waals surface area (Å²) in [5, 5.41) is 8.69. The molecule has 1 aromatic carbocycles. The van der Waals surface area contributed by atoms with Crippen LogP contribution in [0.5, 0.6) is 5.75 Å². The first-order valence-corrected chi connectivity index (χ1v) is 5.55. The molecule has 5 nitrogen and oxygen atoms in total. The van der Waals surface area contributed by atoms with Gasteiger partial charge in [-0.25, -0.2) is 0 Å². The van der Waals surface area contributed by atoms with Gasteiger partial charge in [0.05, 0.1) is 11.7 Å². The van der Waals surface area contributed by atoms with Crippen LogP contribution in [0.4, 0.5) is 11.4 Å². The molecule has 0 fully saturated rings. The minimum absolute atomic E-state index is 0.0993. The van der Waals surface area contributed by atoms with Gasteiger partial charge in [0.2, 0.25) is 0 Å². The number of carboxylic acid groups (broad SMARTS) is 1. The highest BCUT2D eigenvalue weighted by Gasteiger charge is 2.25. The predicted molar refractivity (Wildman–Crippen MR) is 65.4 cm³/mol. The summed E-state index contributed by atoms with van der Waals surface area (Å²) >= 11 is 0. The largest absolute Gasteiger partial charge is 0.489 e. The van der Waals surface area contributed by atoms with Gasteiger partial charge < -0.3 is 20.5 Å². The first-order chi connectivity index (χ1) is 8.08. The van der Waals surface area contributed by atoms with Gasteiger partial charge in [0.25, 0.3) is 0 Å². The molecule has 0 spiro atoms. The van der Waals surface area contributed by atoms with E-state index in [1.54, 1.807) is 6.07 Å². The average molecular weight is 236 g/mol.